The number of nitrogens with zero attached hydrogens (tertiary/aromatic N) is 1. The van der Waals surface area contributed by atoms with Crippen LogP contribution in [0.15, 0.2) is 91.1 Å². The molecular weight excluding hydrogens is 320 g/mol. The molecule has 0 fully saturated rings. The molecular formula is C23H18N2O. The average molecular weight is 338 g/mol. The molecule has 26 heavy (non-hydrogen) atoms. The maximum absolute atomic E-state index is 12.5. The lowest BCUT2D eigenvalue weighted by atomic mass is 10.0. The second-order valence-electron chi connectivity index (χ2n) is 6.17. The van der Waals surface area contributed by atoms with Crippen molar-refractivity contribution in [2.24, 2.45) is 0 Å². The topological polar surface area (TPSA) is 42.0 Å². The van der Waals surface area contributed by atoms with Crippen LogP contribution in [0.3, 0.4) is 0 Å². The molecule has 3 heteroatoms. The van der Waals surface area contributed by atoms with Gasteiger partial charge in [-0.2, -0.15) is 0 Å². The molecule has 0 saturated carbocycles. The van der Waals surface area contributed by atoms with Gasteiger partial charge in [-0.15, -0.1) is 0 Å². The summed E-state index contributed by atoms with van der Waals surface area (Å²) in [5.74, 6) is -0.0792. The van der Waals surface area contributed by atoms with Gasteiger partial charge >= 0.3 is 0 Å². The van der Waals surface area contributed by atoms with E-state index in [0.29, 0.717) is 12.1 Å². The van der Waals surface area contributed by atoms with Crippen molar-refractivity contribution in [2.75, 3.05) is 0 Å². The monoisotopic (exact) mass is 338 g/mol. The molecule has 0 bridgehead atoms. The lowest BCUT2D eigenvalue weighted by molar-refractivity contribution is 0.0951. The van der Waals surface area contributed by atoms with Crippen LogP contribution in [0, 0.1) is 0 Å². The van der Waals surface area contributed by atoms with Crippen molar-refractivity contribution < 1.29 is 4.79 Å². The number of benzene rings is 3. The number of rotatable bonds is 4. The van der Waals surface area contributed by atoms with Crippen molar-refractivity contribution in [1.29, 1.82) is 0 Å². The Morgan fingerprint density at radius 3 is 2.50 bits per heavy atom. The molecule has 3 nitrogen and oxygen atoms in total. The zero-order valence-electron chi connectivity index (χ0n) is 14.2. The minimum atomic E-state index is -0.0792. The molecule has 4 aromatic rings. The molecule has 0 aliphatic heterocycles. The number of pyridine rings is 1. The first-order valence-corrected chi connectivity index (χ1v) is 8.57. The minimum Gasteiger partial charge on any atom is -0.348 e. The van der Waals surface area contributed by atoms with Crippen LogP contribution in [0.2, 0.25) is 0 Å². The van der Waals surface area contributed by atoms with Gasteiger partial charge in [-0.3, -0.25) is 9.78 Å². The molecule has 1 heterocycles. The third kappa shape index (κ3) is 3.47. The van der Waals surface area contributed by atoms with Crippen molar-refractivity contribution in [3.8, 4) is 11.1 Å². The summed E-state index contributed by atoms with van der Waals surface area (Å²) >= 11 is 0. The summed E-state index contributed by atoms with van der Waals surface area (Å²) in [5.41, 5.74) is 4.67. The maximum atomic E-state index is 12.5. The van der Waals surface area contributed by atoms with E-state index in [0.717, 1.165) is 27.6 Å². The number of hydrogen-bond acceptors (Lipinski definition) is 2. The van der Waals surface area contributed by atoms with Gasteiger partial charge in [0.15, 0.2) is 0 Å². The molecule has 0 saturated heterocycles. The summed E-state index contributed by atoms with van der Waals surface area (Å²) < 4.78 is 0. The van der Waals surface area contributed by atoms with E-state index in [1.807, 2.05) is 85.1 Å². The fourth-order valence-electron chi connectivity index (χ4n) is 2.95. The van der Waals surface area contributed by atoms with E-state index in [2.05, 4.69) is 16.4 Å². The number of nitrogens with one attached hydrogen (secondary N) is 1. The minimum absolute atomic E-state index is 0.0792. The lowest BCUT2D eigenvalue weighted by Crippen LogP contribution is -2.22. The fraction of sp³-hybridized carbons (Fsp3) is 0.0435. The Morgan fingerprint density at radius 2 is 1.62 bits per heavy atom. The second kappa shape index (κ2) is 7.19. The third-order valence-corrected chi connectivity index (χ3v) is 4.34. The predicted molar refractivity (Wildman–Crippen MR) is 105 cm³/mol. The first kappa shape index (κ1) is 16.0. The largest absolute Gasteiger partial charge is 0.348 e. The highest BCUT2D eigenvalue weighted by Crippen LogP contribution is 2.23. The van der Waals surface area contributed by atoms with Crippen molar-refractivity contribution in [3.05, 3.63) is 102 Å². The SMILES string of the molecule is O=C(NCc1ccccc1)c1cccc(-c2cnc3ccccc3c2)c1. The van der Waals surface area contributed by atoms with Crippen molar-refractivity contribution in [1.82, 2.24) is 10.3 Å². The highest BCUT2D eigenvalue weighted by Gasteiger charge is 2.08. The highest BCUT2D eigenvalue weighted by molar-refractivity contribution is 5.95. The summed E-state index contributed by atoms with van der Waals surface area (Å²) in [6.45, 7) is 0.515. The van der Waals surface area contributed by atoms with Crippen LogP contribution in [0.25, 0.3) is 22.0 Å². The molecule has 0 aliphatic rings. The van der Waals surface area contributed by atoms with Gasteiger partial charge in [0.2, 0.25) is 0 Å². The lowest BCUT2D eigenvalue weighted by Gasteiger charge is -2.08. The summed E-state index contributed by atoms with van der Waals surface area (Å²) in [4.78, 5) is 17.0. The van der Waals surface area contributed by atoms with Gasteiger partial charge in [0.1, 0.15) is 0 Å². The Labute approximate surface area is 152 Å². The number of fused-ring (bicyclic) bond motifs is 1. The van der Waals surface area contributed by atoms with Crippen LogP contribution in [0.4, 0.5) is 0 Å². The van der Waals surface area contributed by atoms with Gasteiger partial charge in [0.05, 0.1) is 5.52 Å². The molecule has 0 unspecified atom stereocenters. The van der Waals surface area contributed by atoms with Gasteiger partial charge in [-0.1, -0.05) is 60.7 Å². The van der Waals surface area contributed by atoms with Gasteiger partial charge in [0.25, 0.3) is 5.91 Å². The average Bonchev–Trinajstić information content (AvgIpc) is 2.72. The van der Waals surface area contributed by atoms with E-state index in [1.54, 1.807) is 0 Å². The van der Waals surface area contributed by atoms with Crippen LogP contribution in [0.1, 0.15) is 15.9 Å². The van der Waals surface area contributed by atoms with E-state index in [1.165, 1.54) is 0 Å². The Bertz CT molecular complexity index is 1060. The van der Waals surface area contributed by atoms with E-state index >= 15 is 0 Å². The van der Waals surface area contributed by atoms with Crippen molar-refractivity contribution >= 4 is 16.8 Å². The number of para-hydroxylation sites is 1. The maximum Gasteiger partial charge on any atom is 0.251 e. The molecule has 1 amide bonds. The second-order valence-corrected chi connectivity index (χ2v) is 6.17. The zero-order valence-corrected chi connectivity index (χ0v) is 14.2. The number of amides is 1. The molecule has 1 N–H and O–H groups in total. The van der Waals surface area contributed by atoms with Crippen LogP contribution in [0.5, 0.6) is 0 Å². The van der Waals surface area contributed by atoms with Crippen LogP contribution >= 0.6 is 0 Å². The normalized spacial score (nSPS) is 10.6. The number of hydrogen-bond donors (Lipinski definition) is 1. The molecule has 0 atom stereocenters. The predicted octanol–water partition coefficient (Wildman–Crippen LogP) is 4.83. The molecule has 126 valence electrons. The van der Waals surface area contributed by atoms with Gasteiger partial charge < -0.3 is 5.32 Å². The standard InChI is InChI=1S/C23H18N2O/c26-23(25-15-17-7-2-1-3-8-17)20-11-6-10-18(13-20)21-14-19-9-4-5-12-22(19)24-16-21/h1-14,16H,15H2,(H,25,26). The molecule has 1 aromatic heterocycles. The number of carbonyl (C=O) groups is 1. The van der Waals surface area contributed by atoms with Gasteiger partial charge in [-0.25, -0.2) is 0 Å². The Balaban J connectivity index is 1.56. The van der Waals surface area contributed by atoms with Crippen molar-refractivity contribution in [3.63, 3.8) is 0 Å². The summed E-state index contributed by atoms with van der Waals surface area (Å²) in [5, 5.41) is 4.06. The van der Waals surface area contributed by atoms with Crippen LogP contribution in [-0.4, -0.2) is 10.9 Å². The molecule has 3 aromatic carbocycles. The van der Waals surface area contributed by atoms with E-state index < -0.39 is 0 Å². The fourth-order valence-corrected chi connectivity index (χ4v) is 2.95. The number of carbonyl (C=O) groups excluding carboxylic acids is 1. The third-order valence-electron chi connectivity index (χ3n) is 4.34. The summed E-state index contributed by atoms with van der Waals surface area (Å²) in [6.07, 6.45) is 1.85. The summed E-state index contributed by atoms with van der Waals surface area (Å²) in [7, 11) is 0. The molecule has 4 rings (SSSR count). The van der Waals surface area contributed by atoms with E-state index in [4.69, 9.17) is 0 Å². The first-order chi connectivity index (χ1) is 12.8. The quantitative estimate of drug-likeness (QED) is 0.579. The van der Waals surface area contributed by atoms with Crippen molar-refractivity contribution in [2.45, 2.75) is 6.54 Å². The zero-order chi connectivity index (χ0) is 17.8. The Kier molecular flexibility index (Phi) is 4.44. The van der Waals surface area contributed by atoms with E-state index in [9.17, 15) is 4.79 Å². The molecule has 0 radical (unpaired) electrons. The van der Waals surface area contributed by atoms with Gasteiger partial charge in [-0.05, 0) is 35.4 Å². The Morgan fingerprint density at radius 1 is 0.808 bits per heavy atom. The molecule has 0 spiro atoms. The Hall–Kier alpha value is -3.46. The smallest absolute Gasteiger partial charge is 0.251 e. The van der Waals surface area contributed by atoms with Crippen LogP contribution in [-0.2, 0) is 6.54 Å². The molecule has 0 aliphatic carbocycles. The van der Waals surface area contributed by atoms with Gasteiger partial charge in [0, 0.05) is 29.3 Å². The summed E-state index contributed by atoms with van der Waals surface area (Å²) in [6, 6.07) is 27.7. The van der Waals surface area contributed by atoms with Crippen LogP contribution < -0.4 is 5.32 Å². The highest BCUT2D eigenvalue weighted by atomic mass is 16.1. The first-order valence-electron chi connectivity index (χ1n) is 8.57. The van der Waals surface area contributed by atoms with E-state index in [-0.39, 0.29) is 5.91 Å². The number of aromatic nitrogens is 1.